The van der Waals surface area contributed by atoms with Crippen LogP contribution in [0.15, 0.2) is 18.2 Å². The fraction of sp³-hybridized carbons (Fsp3) is 0.636. The van der Waals surface area contributed by atoms with E-state index in [0.29, 0.717) is 30.8 Å². The van der Waals surface area contributed by atoms with E-state index in [1.54, 1.807) is 0 Å². The van der Waals surface area contributed by atoms with E-state index in [-0.39, 0.29) is 53.5 Å². The number of amides is 2. The van der Waals surface area contributed by atoms with Gasteiger partial charge in [-0.15, -0.1) is 0 Å². The van der Waals surface area contributed by atoms with Crippen molar-refractivity contribution in [2.45, 2.75) is 57.5 Å². The third kappa shape index (κ3) is 5.13. The molecule has 0 radical (unpaired) electrons. The van der Waals surface area contributed by atoms with Gasteiger partial charge in [0.2, 0.25) is 5.91 Å². The van der Waals surface area contributed by atoms with Gasteiger partial charge in [0.05, 0.1) is 11.6 Å². The molecule has 4 fully saturated rings. The van der Waals surface area contributed by atoms with Crippen molar-refractivity contribution in [1.82, 2.24) is 16.0 Å². The van der Waals surface area contributed by atoms with Crippen molar-refractivity contribution in [3.8, 4) is 5.75 Å². The monoisotopic (exact) mass is 453 g/mol. The smallest absolute Gasteiger partial charge is 0.258 e. The number of carbonyl (C=O) groups is 2. The van der Waals surface area contributed by atoms with Gasteiger partial charge in [-0.25, -0.2) is 4.39 Å². The molecule has 2 amide bonds. The van der Waals surface area contributed by atoms with Crippen molar-refractivity contribution in [3.63, 3.8) is 0 Å². The Balaban J connectivity index is 1.25. The number of fused-ring (bicyclic) bond motifs is 2. The zero-order valence-electron chi connectivity index (χ0n) is 17.7. The molecule has 1 aliphatic heterocycles. The van der Waals surface area contributed by atoms with Crippen molar-refractivity contribution in [2.75, 3.05) is 13.2 Å². The van der Waals surface area contributed by atoms with Gasteiger partial charge in [-0.3, -0.25) is 14.9 Å². The van der Waals surface area contributed by atoms with Gasteiger partial charge in [0.25, 0.3) is 5.91 Å². The van der Waals surface area contributed by atoms with Gasteiger partial charge in [-0.1, -0.05) is 25.4 Å². The predicted molar refractivity (Wildman–Crippen MR) is 113 cm³/mol. The van der Waals surface area contributed by atoms with Crippen LogP contribution in [0.2, 0.25) is 5.02 Å². The number of nitrogens with one attached hydrogen (secondary N) is 3. The number of hydrogen-bond acceptors (Lipinski definition) is 5. The maximum atomic E-state index is 13.5. The molecule has 9 heteroatoms. The van der Waals surface area contributed by atoms with Crippen LogP contribution >= 0.6 is 11.6 Å². The molecule has 2 bridgehead atoms. The molecular formula is C22H29ClFN3O4. The number of benzene rings is 1. The molecule has 0 spiro atoms. The van der Waals surface area contributed by atoms with E-state index >= 15 is 0 Å². The van der Waals surface area contributed by atoms with Crippen molar-refractivity contribution in [2.24, 2.45) is 17.8 Å². The Hall–Kier alpha value is -1.90. The van der Waals surface area contributed by atoms with Gasteiger partial charge in [0.1, 0.15) is 23.8 Å². The summed E-state index contributed by atoms with van der Waals surface area (Å²) < 4.78 is 24.5. The number of ether oxygens (including phenoxy) is 2. The highest BCUT2D eigenvalue weighted by atomic mass is 35.5. The highest BCUT2D eigenvalue weighted by molar-refractivity contribution is 6.30. The second-order valence-electron chi connectivity index (χ2n) is 9.10. The van der Waals surface area contributed by atoms with Crippen LogP contribution in [0.3, 0.4) is 0 Å². The van der Waals surface area contributed by atoms with Gasteiger partial charge in [-0.05, 0) is 49.1 Å². The summed E-state index contributed by atoms with van der Waals surface area (Å²) in [7, 11) is 0. The van der Waals surface area contributed by atoms with E-state index in [0.717, 1.165) is 18.9 Å². The first kappa shape index (κ1) is 22.3. The van der Waals surface area contributed by atoms with Crippen molar-refractivity contribution in [3.05, 3.63) is 29.0 Å². The molecule has 1 aromatic carbocycles. The van der Waals surface area contributed by atoms with Crippen LogP contribution in [0.5, 0.6) is 5.75 Å². The second kappa shape index (κ2) is 9.30. The lowest BCUT2D eigenvalue weighted by molar-refractivity contribution is -0.127. The Kier molecular flexibility index (Phi) is 6.69. The van der Waals surface area contributed by atoms with Crippen LogP contribution in [0.4, 0.5) is 4.39 Å². The molecule has 3 aliphatic carbocycles. The molecule has 5 rings (SSSR count). The lowest BCUT2D eigenvalue weighted by atomic mass is 9.60. The van der Waals surface area contributed by atoms with Crippen molar-refractivity contribution < 1.29 is 23.5 Å². The molecule has 170 valence electrons. The Morgan fingerprint density at radius 2 is 1.94 bits per heavy atom. The van der Waals surface area contributed by atoms with Crippen LogP contribution in [-0.2, 0) is 14.3 Å². The standard InChI is InChI=1S/C22H29ClFN3O4/c1-11(2)22-27-19(9-31-22)21(29)26-18-8-17(12-5-13(18)6-12)25-20(28)10-30-14-3-4-15(23)16(24)7-14/h3-4,7,11-13,17-19,22,27H,5-6,8-10H2,1-2H3,(H,25,28)(H,26,29)/t12?,13?,17-,18+,19?,22?/m0/s1. The molecule has 0 aromatic heterocycles. The maximum Gasteiger partial charge on any atom is 0.258 e. The molecule has 31 heavy (non-hydrogen) atoms. The lowest BCUT2D eigenvalue weighted by Gasteiger charge is -2.51. The second-order valence-corrected chi connectivity index (χ2v) is 9.51. The molecule has 1 heterocycles. The van der Waals surface area contributed by atoms with Crippen LogP contribution in [0, 0.1) is 23.6 Å². The fourth-order valence-corrected chi connectivity index (χ4v) is 4.77. The number of hydrogen-bond donors (Lipinski definition) is 3. The number of rotatable bonds is 7. The summed E-state index contributed by atoms with van der Waals surface area (Å²) in [6.07, 6.45) is 2.57. The highest BCUT2D eigenvalue weighted by Crippen LogP contribution is 2.45. The minimum atomic E-state index is -0.590. The van der Waals surface area contributed by atoms with Crippen molar-refractivity contribution >= 4 is 23.4 Å². The van der Waals surface area contributed by atoms with Gasteiger partial charge in [0.15, 0.2) is 6.61 Å². The summed E-state index contributed by atoms with van der Waals surface area (Å²) in [5, 5.41) is 9.42. The summed E-state index contributed by atoms with van der Waals surface area (Å²) in [5.74, 6) is 0.532. The molecule has 3 saturated carbocycles. The maximum absolute atomic E-state index is 13.5. The minimum Gasteiger partial charge on any atom is -0.484 e. The average molecular weight is 454 g/mol. The summed E-state index contributed by atoms with van der Waals surface area (Å²) >= 11 is 5.65. The Morgan fingerprint density at radius 1 is 1.23 bits per heavy atom. The predicted octanol–water partition coefficient (Wildman–Crippen LogP) is 2.23. The van der Waals surface area contributed by atoms with Gasteiger partial charge >= 0.3 is 0 Å². The molecule has 4 atom stereocenters. The molecule has 7 nitrogen and oxygen atoms in total. The average Bonchev–Trinajstić information content (AvgIpc) is 3.19. The summed E-state index contributed by atoms with van der Waals surface area (Å²) in [5.41, 5.74) is 0. The first-order chi connectivity index (χ1) is 14.8. The molecule has 2 unspecified atom stereocenters. The highest BCUT2D eigenvalue weighted by Gasteiger charge is 2.47. The Morgan fingerprint density at radius 3 is 2.58 bits per heavy atom. The Bertz CT molecular complexity index is 833. The van der Waals surface area contributed by atoms with Crippen LogP contribution in [0.1, 0.15) is 33.1 Å². The van der Waals surface area contributed by atoms with Gasteiger partial charge < -0.3 is 20.1 Å². The van der Waals surface area contributed by atoms with E-state index in [9.17, 15) is 14.0 Å². The largest absolute Gasteiger partial charge is 0.484 e. The first-order valence-corrected chi connectivity index (χ1v) is 11.2. The summed E-state index contributed by atoms with van der Waals surface area (Å²) in [6, 6.07) is 3.75. The Labute approximate surface area is 186 Å². The third-order valence-corrected chi connectivity index (χ3v) is 6.83. The van der Waals surface area contributed by atoms with Gasteiger partial charge in [-0.2, -0.15) is 0 Å². The lowest BCUT2D eigenvalue weighted by Crippen LogP contribution is -2.61. The van der Waals surface area contributed by atoms with E-state index in [1.807, 2.05) is 13.8 Å². The normalized spacial score (nSPS) is 31.8. The quantitative estimate of drug-likeness (QED) is 0.589. The molecule has 3 N–H and O–H groups in total. The topological polar surface area (TPSA) is 88.7 Å². The molecule has 1 saturated heterocycles. The van der Waals surface area contributed by atoms with Crippen molar-refractivity contribution in [1.29, 1.82) is 0 Å². The molecule has 4 aliphatic rings. The van der Waals surface area contributed by atoms with Crippen LogP contribution in [0.25, 0.3) is 0 Å². The SMILES string of the molecule is CC(C)C1NC(C(=O)N[C@@H]2C[C@H](NC(=O)COc3ccc(Cl)c(F)c3)C3CC2C3)CO1. The molecule has 1 aromatic rings. The van der Waals surface area contributed by atoms with Gasteiger partial charge in [0, 0.05) is 18.2 Å². The van der Waals surface area contributed by atoms with E-state index < -0.39 is 5.82 Å². The third-order valence-electron chi connectivity index (χ3n) is 6.52. The zero-order chi connectivity index (χ0) is 22.1. The van der Waals surface area contributed by atoms with E-state index in [1.165, 1.54) is 12.1 Å². The fourth-order valence-electron chi connectivity index (χ4n) is 4.66. The zero-order valence-corrected chi connectivity index (χ0v) is 18.5. The first-order valence-electron chi connectivity index (χ1n) is 10.9. The van der Waals surface area contributed by atoms with Crippen LogP contribution in [-0.4, -0.2) is 49.4 Å². The van der Waals surface area contributed by atoms with E-state index in [4.69, 9.17) is 21.1 Å². The van der Waals surface area contributed by atoms with Crippen LogP contribution < -0.4 is 20.7 Å². The minimum absolute atomic E-state index is 0.00530. The number of halogens is 2. The molecular weight excluding hydrogens is 425 g/mol. The van der Waals surface area contributed by atoms with E-state index in [2.05, 4.69) is 16.0 Å². The summed E-state index contributed by atoms with van der Waals surface area (Å²) in [4.78, 5) is 25.1. The number of carbonyl (C=O) groups excluding carboxylic acids is 2. The summed E-state index contributed by atoms with van der Waals surface area (Å²) in [6.45, 7) is 4.27.